The summed E-state index contributed by atoms with van der Waals surface area (Å²) in [6, 6.07) is 11.7. The maximum atomic E-state index is 13.5. The van der Waals surface area contributed by atoms with Crippen LogP contribution in [0.1, 0.15) is 35.7 Å². The van der Waals surface area contributed by atoms with Crippen LogP contribution in [0.5, 0.6) is 0 Å². The Morgan fingerprint density at radius 1 is 1.11 bits per heavy atom. The molecule has 6 nitrogen and oxygen atoms in total. The predicted molar refractivity (Wildman–Crippen MR) is 99.0 cm³/mol. The molecule has 0 radical (unpaired) electrons. The SMILES string of the molecule is CCCC(NC(=O)Cc1ccccc1)C(=O)Nc1ccc(F)c(C(=O)O)c1. The standard InChI is InChI=1S/C20H21FN2O4/c1-2-6-17(23-18(24)11-13-7-4-3-5-8-13)19(25)22-14-9-10-16(21)15(12-14)20(26)27/h3-5,7-10,12,17H,2,6,11H2,1H3,(H,22,25)(H,23,24)(H,26,27). The van der Waals surface area contributed by atoms with E-state index in [-0.39, 0.29) is 18.0 Å². The highest BCUT2D eigenvalue weighted by Gasteiger charge is 2.21. The topological polar surface area (TPSA) is 95.5 Å². The highest BCUT2D eigenvalue weighted by molar-refractivity contribution is 5.98. The monoisotopic (exact) mass is 372 g/mol. The van der Waals surface area contributed by atoms with Crippen LogP contribution in [0.15, 0.2) is 48.5 Å². The smallest absolute Gasteiger partial charge is 0.338 e. The van der Waals surface area contributed by atoms with Gasteiger partial charge in [0.05, 0.1) is 12.0 Å². The van der Waals surface area contributed by atoms with Crippen molar-refractivity contribution in [2.24, 2.45) is 0 Å². The lowest BCUT2D eigenvalue weighted by Gasteiger charge is -2.18. The van der Waals surface area contributed by atoms with Crippen LogP contribution in [0.3, 0.4) is 0 Å². The zero-order chi connectivity index (χ0) is 19.8. The third kappa shape index (κ3) is 5.91. The van der Waals surface area contributed by atoms with Gasteiger partial charge in [-0.2, -0.15) is 0 Å². The van der Waals surface area contributed by atoms with Gasteiger partial charge in [-0.25, -0.2) is 9.18 Å². The van der Waals surface area contributed by atoms with Crippen molar-refractivity contribution in [1.29, 1.82) is 0 Å². The van der Waals surface area contributed by atoms with Crippen LogP contribution in [0, 0.1) is 5.82 Å². The number of nitrogens with one attached hydrogen (secondary N) is 2. The van der Waals surface area contributed by atoms with Crippen molar-refractivity contribution in [2.45, 2.75) is 32.2 Å². The molecule has 142 valence electrons. The van der Waals surface area contributed by atoms with Gasteiger partial charge in [0.2, 0.25) is 11.8 Å². The van der Waals surface area contributed by atoms with Crippen LogP contribution >= 0.6 is 0 Å². The van der Waals surface area contributed by atoms with Crippen molar-refractivity contribution in [2.75, 3.05) is 5.32 Å². The molecule has 0 saturated heterocycles. The molecule has 0 aromatic heterocycles. The Morgan fingerprint density at radius 2 is 1.81 bits per heavy atom. The number of hydrogen-bond donors (Lipinski definition) is 3. The van der Waals surface area contributed by atoms with E-state index in [9.17, 15) is 18.8 Å². The summed E-state index contributed by atoms with van der Waals surface area (Å²) in [5.74, 6) is -3.09. The maximum Gasteiger partial charge on any atom is 0.338 e. The second-order valence-electron chi connectivity index (χ2n) is 6.06. The van der Waals surface area contributed by atoms with E-state index >= 15 is 0 Å². The van der Waals surface area contributed by atoms with E-state index in [1.54, 1.807) is 0 Å². The fourth-order valence-corrected chi connectivity index (χ4v) is 2.58. The van der Waals surface area contributed by atoms with E-state index < -0.39 is 29.3 Å². The number of rotatable bonds is 8. The van der Waals surface area contributed by atoms with Crippen molar-refractivity contribution in [1.82, 2.24) is 5.32 Å². The van der Waals surface area contributed by atoms with Crippen LogP contribution in [0.4, 0.5) is 10.1 Å². The van der Waals surface area contributed by atoms with Gasteiger partial charge in [-0.05, 0) is 30.2 Å². The van der Waals surface area contributed by atoms with Gasteiger partial charge in [0.25, 0.3) is 0 Å². The third-order valence-corrected chi connectivity index (χ3v) is 3.90. The maximum absolute atomic E-state index is 13.5. The molecule has 0 aliphatic carbocycles. The van der Waals surface area contributed by atoms with Gasteiger partial charge in [-0.3, -0.25) is 9.59 Å². The van der Waals surface area contributed by atoms with E-state index in [2.05, 4.69) is 10.6 Å². The van der Waals surface area contributed by atoms with Gasteiger partial charge in [-0.1, -0.05) is 43.7 Å². The molecule has 0 bridgehead atoms. The van der Waals surface area contributed by atoms with Gasteiger partial charge in [0.15, 0.2) is 0 Å². The van der Waals surface area contributed by atoms with E-state index in [1.807, 2.05) is 37.3 Å². The number of aromatic carboxylic acids is 1. The molecule has 0 heterocycles. The predicted octanol–water partition coefficient (Wildman–Crippen LogP) is 2.99. The molecule has 2 rings (SSSR count). The first-order valence-corrected chi connectivity index (χ1v) is 8.57. The second kappa shape index (κ2) is 9.47. The van der Waals surface area contributed by atoms with Crippen molar-refractivity contribution >= 4 is 23.5 Å². The number of carboxylic acids is 1. The first-order chi connectivity index (χ1) is 12.9. The van der Waals surface area contributed by atoms with Crippen LogP contribution in [-0.2, 0) is 16.0 Å². The third-order valence-electron chi connectivity index (χ3n) is 3.90. The minimum atomic E-state index is -1.43. The molecule has 27 heavy (non-hydrogen) atoms. The van der Waals surface area contributed by atoms with Crippen molar-refractivity contribution in [3.8, 4) is 0 Å². The number of carbonyl (C=O) groups excluding carboxylic acids is 2. The van der Waals surface area contributed by atoms with E-state index in [0.717, 1.165) is 17.7 Å². The first-order valence-electron chi connectivity index (χ1n) is 8.57. The Kier molecular flexibility index (Phi) is 7.05. The molecule has 1 unspecified atom stereocenters. The van der Waals surface area contributed by atoms with Crippen LogP contribution in [0.2, 0.25) is 0 Å². The minimum Gasteiger partial charge on any atom is -0.478 e. The second-order valence-corrected chi connectivity index (χ2v) is 6.06. The van der Waals surface area contributed by atoms with Gasteiger partial charge in [0.1, 0.15) is 11.9 Å². The summed E-state index contributed by atoms with van der Waals surface area (Å²) >= 11 is 0. The molecule has 2 amide bonds. The quantitative estimate of drug-likeness (QED) is 0.664. The highest BCUT2D eigenvalue weighted by atomic mass is 19.1. The van der Waals surface area contributed by atoms with Crippen molar-refractivity contribution < 1.29 is 23.9 Å². The molecule has 2 aromatic rings. The van der Waals surface area contributed by atoms with Crippen molar-refractivity contribution in [3.05, 3.63) is 65.5 Å². The summed E-state index contributed by atoms with van der Waals surface area (Å²) in [6.07, 6.45) is 1.22. The van der Waals surface area contributed by atoms with Crippen LogP contribution in [0.25, 0.3) is 0 Å². The number of anilines is 1. The molecular weight excluding hydrogens is 351 g/mol. The van der Waals surface area contributed by atoms with Crippen LogP contribution < -0.4 is 10.6 Å². The molecule has 0 aliphatic heterocycles. The Hall–Kier alpha value is -3.22. The van der Waals surface area contributed by atoms with Gasteiger partial charge < -0.3 is 15.7 Å². The lowest BCUT2D eigenvalue weighted by molar-refractivity contribution is -0.126. The average molecular weight is 372 g/mol. The molecule has 1 atom stereocenters. The lowest BCUT2D eigenvalue weighted by Crippen LogP contribution is -2.44. The normalized spacial score (nSPS) is 11.5. The largest absolute Gasteiger partial charge is 0.478 e. The number of hydrogen-bond acceptors (Lipinski definition) is 3. The van der Waals surface area contributed by atoms with Crippen molar-refractivity contribution in [3.63, 3.8) is 0 Å². The minimum absolute atomic E-state index is 0.147. The highest BCUT2D eigenvalue weighted by Crippen LogP contribution is 2.15. The van der Waals surface area contributed by atoms with E-state index in [4.69, 9.17) is 5.11 Å². The summed E-state index contributed by atoms with van der Waals surface area (Å²) < 4.78 is 13.5. The molecule has 0 aliphatic rings. The molecule has 0 fully saturated rings. The Labute approximate surface area is 156 Å². The summed E-state index contributed by atoms with van der Waals surface area (Å²) in [5, 5.41) is 14.2. The fraction of sp³-hybridized carbons (Fsp3) is 0.250. The molecule has 0 spiro atoms. The number of carboxylic acid groups (broad SMARTS) is 1. The molecule has 7 heteroatoms. The van der Waals surface area contributed by atoms with E-state index in [0.29, 0.717) is 12.8 Å². The van der Waals surface area contributed by atoms with Gasteiger partial charge in [-0.15, -0.1) is 0 Å². The van der Waals surface area contributed by atoms with E-state index in [1.165, 1.54) is 6.07 Å². The fourth-order valence-electron chi connectivity index (χ4n) is 2.58. The Balaban J connectivity index is 2.05. The first kappa shape index (κ1) is 20.1. The Bertz CT molecular complexity index is 824. The van der Waals surface area contributed by atoms with Crippen LogP contribution in [-0.4, -0.2) is 28.9 Å². The summed E-state index contributed by atoms with van der Waals surface area (Å²) in [4.78, 5) is 35.7. The molecule has 0 saturated carbocycles. The number of amides is 2. The molecular formula is C20H21FN2O4. The average Bonchev–Trinajstić information content (AvgIpc) is 2.63. The number of halogens is 1. The number of carbonyl (C=O) groups is 3. The summed E-state index contributed by atoms with van der Waals surface area (Å²) in [7, 11) is 0. The zero-order valence-corrected chi connectivity index (χ0v) is 14.9. The summed E-state index contributed by atoms with van der Waals surface area (Å²) in [5.41, 5.74) is 0.445. The lowest BCUT2D eigenvalue weighted by atomic mass is 10.1. The molecule has 3 N–H and O–H groups in total. The summed E-state index contributed by atoms with van der Waals surface area (Å²) in [6.45, 7) is 1.88. The Morgan fingerprint density at radius 3 is 2.44 bits per heavy atom. The number of benzene rings is 2. The molecule has 2 aromatic carbocycles. The van der Waals surface area contributed by atoms with Gasteiger partial charge in [0, 0.05) is 5.69 Å². The van der Waals surface area contributed by atoms with Gasteiger partial charge >= 0.3 is 5.97 Å². The zero-order valence-electron chi connectivity index (χ0n) is 14.9.